The number of piperazine rings is 1. The van der Waals surface area contributed by atoms with Crippen LogP contribution in [0.1, 0.15) is 24.3 Å². The molecular weight excluding hydrogens is 306 g/mol. The number of hydrogen-bond donors (Lipinski definition) is 1. The summed E-state index contributed by atoms with van der Waals surface area (Å²) in [5.74, 6) is 0.0135. The van der Waals surface area contributed by atoms with Gasteiger partial charge in [0.2, 0.25) is 5.91 Å². The summed E-state index contributed by atoms with van der Waals surface area (Å²) in [6.45, 7) is 9.36. The number of hydrogen-bond acceptors (Lipinski definition) is 5. The molecule has 2 heterocycles. The Morgan fingerprint density at radius 2 is 1.88 bits per heavy atom. The van der Waals surface area contributed by atoms with Gasteiger partial charge < -0.3 is 15.1 Å². The summed E-state index contributed by atoms with van der Waals surface area (Å²) in [6.07, 6.45) is 1.66. The number of nitrogens with zero attached hydrogens (tertiary/aromatic N) is 4. The summed E-state index contributed by atoms with van der Waals surface area (Å²) in [4.78, 5) is 34.3. The third-order valence-electron chi connectivity index (χ3n) is 4.42. The third kappa shape index (κ3) is 4.44. The fraction of sp³-hybridized carbons (Fsp3) is 0.588. The van der Waals surface area contributed by atoms with Gasteiger partial charge in [-0.25, -0.2) is 0 Å². The molecule has 1 aliphatic rings. The van der Waals surface area contributed by atoms with Crippen molar-refractivity contribution in [2.75, 3.05) is 57.8 Å². The number of carbonyl (C=O) groups excluding carboxylic acids is 2. The molecule has 7 heteroatoms. The Morgan fingerprint density at radius 3 is 2.46 bits per heavy atom. The Labute approximate surface area is 143 Å². The Kier molecular flexibility index (Phi) is 6.54. The summed E-state index contributed by atoms with van der Waals surface area (Å²) in [6, 6.07) is 3.73. The minimum absolute atomic E-state index is 0.180. The van der Waals surface area contributed by atoms with Crippen molar-refractivity contribution in [3.63, 3.8) is 0 Å². The van der Waals surface area contributed by atoms with E-state index in [-0.39, 0.29) is 11.8 Å². The van der Waals surface area contributed by atoms with Crippen LogP contribution in [-0.2, 0) is 4.79 Å². The first-order valence-corrected chi connectivity index (χ1v) is 8.52. The predicted octanol–water partition coefficient (Wildman–Crippen LogP) is 0.432. The zero-order chi connectivity index (χ0) is 17.5. The minimum Gasteiger partial charge on any atom is -0.369 e. The van der Waals surface area contributed by atoms with Gasteiger partial charge in [-0.3, -0.25) is 19.5 Å². The fourth-order valence-corrected chi connectivity index (χ4v) is 2.90. The molecule has 0 atom stereocenters. The second-order valence-electron chi connectivity index (χ2n) is 5.81. The molecule has 1 saturated heterocycles. The van der Waals surface area contributed by atoms with Crippen LogP contribution in [0.15, 0.2) is 18.3 Å². The maximum Gasteiger partial charge on any atom is 0.269 e. The number of pyridine rings is 1. The number of carbonyl (C=O) groups is 2. The average molecular weight is 333 g/mol. The van der Waals surface area contributed by atoms with Crippen molar-refractivity contribution in [3.05, 3.63) is 24.0 Å². The van der Waals surface area contributed by atoms with Gasteiger partial charge in [0.15, 0.2) is 0 Å². The summed E-state index contributed by atoms with van der Waals surface area (Å²) in [5.41, 5.74) is 1.42. The van der Waals surface area contributed by atoms with Crippen LogP contribution in [0, 0.1) is 0 Å². The lowest BCUT2D eigenvalue weighted by Gasteiger charge is -2.36. The second-order valence-corrected chi connectivity index (χ2v) is 5.81. The first-order valence-electron chi connectivity index (χ1n) is 8.52. The number of aromatic nitrogens is 1. The monoisotopic (exact) mass is 333 g/mol. The largest absolute Gasteiger partial charge is 0.369 e. The van der Waals surface area contributed by atoms with Gasteiger partial charge >= 0.3 is 0 Å². The fourth-order valence-electron chi connectivity index (χ4n) is 2.90. The van der Waals surface area contributed by atoms with Crippen molar-refractivity contribution in [1.29, 1.82) is 0 Å². The van der Waals surface area contributed by atoms with Crippen LogP contribution >= 0.6 is 0 Å². The van der Waals surface area contributed by atoms with Crippen LogP contribution in [0.4, 0.5) is 5.69 Å². The summed E-state index contributed by atoms with van der Waals surface area (Å²) in [7, 11) is 1.60. The van der Waals surface area contributed by atoms with Crippen LogP contribution in [0.2, 0.25) is 0 Å². The smallest absolute Gasteiger partial charge is 0.269 e. The molecule has 0 radical (unpaired) electrons. The molecule has 0 spiro atoms. The summed E-state index contributed by atoms with van der Waals surface area (Å²) < 4.78 is 0. The highest BCUT2D eigenvalue weighted by Crippen LogP contribution is 2.17. The molecule has 1 fully saturated rings. The first kappa shape index (κ1) is 18.2. The Morgan fingerprint density at radius 1 is 1.21 bits per heavy atom. The summed E-state index contributed by atoms with van der Waals surface area (Å²) >= 11 is 0. The van der Waals surface area contributed by atoms with E-state index in [1.165, 1.54) is 0 Å². The van der Waals surface area contributed by atoms with E-state index in [1.807, 2.05) is 30.9 Å². The van der Waals surface area contributed by atoms with Crippen LogP contribution in [0.5, 0.6) is 0 Å². The van der Waals surface area contributed by atoms with Crippen molar-refractivity contribution in [3.8, 4) is 0 Å². The second kappa shape index (κ2) is 8.63. The van der Waals surface area contributed by atoms with Crippen molar-refractivity contribution in [1.82, 2.24) is 20.1 Å². The van der Waals surface area contributed by atoms with Crippen molar-refractivity contribution >= 4 is 17.5 Å². The molecule has 0 saturated carbocycles. The lowest BCUT2D eigenvalue weighted by molar-refractivity contribution is -0.132. The van der Waals surface area contributed by atoms with E-state index in [0.29, 0.717) is 12.2 Å². The average Bonchev–Trinajstić information content (AvgIpc) is 2.62. The molecule has 1 aromatic heterocycles. The van der Waals surface area contributed by atoms with Gasteiger partial charge in [0, 0.05) is 58.2 Å². The molecule has 0 aromatic carbocycles. The molecule has 0 unspecified atom stereocenters. The standard InChI is InChI=1S/C17H27N5O2/c1-4-21(5-2)16(23)13-20-8-10-22(11-9-20)14-6-7-19-15(12-14)17(24)18-3/h6-7,12H,4-5,8-11,13H2,1-3H3,(H,18,24). The van der Waals surface area contributed by atoms with E-state index in [0.717, 1.165) is 45.0 Å². The maximum atomic E-state index is 12.2. The molecule has 1 aromatic rings. The van der Waals surface area contributed by atoms with E-state index in [2.05, 4.69) is 20.1 Å². The SMILES string of the molecule is CCN(CC)C(=O)CN1CCN(c2ccnc(C(=O)NC)c2)CC1. The van der Waals surface area contributed by atoms with Gasteiger partial charge in [0.25, 0.3) is 5.91 Å². The van der Waals surface area contributed by atoms with Gasteiger partial charge in [0.1, 0.15) is 5.69 Å². The van der Waals surface area contributed by atoms with Gasteiger partial charge in [0.05, 0.1) is 6.54 Å². The molecule has 24 heavy (non-hydrogen) atoms. The molecular formula is C17H27N5O2. The molecule has 7 nitrogen and oxygen atoms in total. The Balaban J connectivity index is 1.91. The quantitative estimate of drug-likeness (QED) is 0.818. The molecule has 1 N–H and O–H groups in total. The first-order chi connectivity index (χ1) is 11.6. The topological polar surface area (TPSA) is 68.8 Å². The zero-order valence-corrected chi connectivity index (χ0v) is 14.8. The lowest BCUT2D eigenvalue weighted by atomic mass is 10.2. The highest BCUT2D eigenvalue weighted by molar-refractivity contribution is 5.92. The lowest BCUT2D eigenvalue weighted by Crippen LogP contribution is -2.50. The molecule has 2 rings (SSSR count). The summed E-state index contributed by atoms with van der Waals surface area (Å²) in [5, 5.41) is 2.59. The van der Waals surface area contributed by atoms with Crippen LogP contribution in [-0.4, -0.2) is 79.5 Å². The highest BCUT2D eigenvalue weighted by Gasteiger charge is 2.21. The molecule has 132 valence electrons. The van der Waals surface area contributed by atoms with E-state index < -0.39 is 0 Å². The third-order valence-corrected chi connectivity index (χ3v) is 4.42. The highest BCUT2D eigenvalue weighted by atomic mass is 16.2. The van der Waals surface area contributed by atoms with Crippen LogP contribution in [0.3, 0.4) is 0 Å². The van der Waals surface area contributed by atoms with Gasteiger partial charge in [-0.1, -0.05) is 0 Å². The number of rotatable bonds is 6. The van der Waals surface area contributed by atoms with Crippen LogP contribution < -0.4 is 10.2 Å². The van der Waals surface area contributed by atoms with E-state index >= 15 is 0 Å². The van der Waals surface area contributed by atoms with E-state index in [1.54, 1.807) is 13.2 Å². The number of likely N-dealkylation sites (N-methyl/N-ethyl adjacent to an activating group) is 1. The van der Waals surface area contributed by atoms with E-state index in [4.69, 9.17) is 0 Å². The molecule has 0 aliphatic carbocycles. The maximum absolute atomic E-state index is 12.2. The zero-order valence-electron chi connectivity index (χ0n) is 14.8. The number of anilines is 1. The molecule has 0 bridgehead atoms. The van der Waals surface area contributed by atoms with Crippen molar-refractivity contribution < 1.29 is 9.59 Å². The molecule has 2 amide bonds. The van der Waals surface area contributed by atoms with E-state index in [9.17, 15) is 9.59 Å². The predicted molar refractivity (Wildman–Crippen MR) is 94.2 cm³/mol. The van der Waals surface area contributed by atoms with Crippen molar-refractivity contribution in [2.45, 2.75) is 13.8 Å². The van der Waals surface area contributed by atoms with Gasteiger partial charge in [-0.15, -0.1) is 0 Å². The minimum atomic E-state index is -0.180. The van der Waals surface area contributed by atoms with Gasteiger partial charge in [-0.05, 0) is 26.0 Å². The number of amides is 2. The normalized spacial score (nSPS) is 15.2. The Hall–Kier alpha value is -2.15. The molecule has 1 aliphatic heterocycles. The van der Waals surface area contributed by atoms with Crippen LogP contribution in [0.25, 0.3) is 0 Å². The van der Waals surface area contributed by atoms with Crippen molar-refractivity contribution in [2.24, 2.45) is 0 Å². The Bertz CT molecular complexity index is 566. The van der Waals surface area contributed by atoms with Gasteiger partial charge in [-0.2, -0.15) is 0 Å². The number of nitrogens with one attached hydrogen (secondary N) is 1.